The molecule has 44 heavy (non-hydrogen) atoms. The van der Waals surface area contributed by atoms with Gasteiger partial charge in [0.25, 0.3) is 5.91 Å². The number of pyridine rings is 1. The number of nitrogens with one attached hydrogen (secondary N) is 2. The molecule has 0 saturated carbocycles. The summed E-state index contributed by atoms with van der Waals surface area (Å²) < 4.78 is 17.5. The zero-order valence-corrected chi connectivity index (χ0v) is 26.3. The minimum absolute atomic E-state index is 0.0745. The van der Waals surface area contributed by atoms with Gasteiger partial charge in [0.2, 0.25) is 0 Å². The lowest BCUT2D eigenvalue weighted by molar-refractivity contribution is 0.0510. The first-order valence-electron chi connectivity index (χ1n) is 14.2. The van der Waals surface area contributed by atoms with Gasteiger partial charge in [-0.2, -0.15) is 9.78 Å². The Morgan fingerprint density at radius 3 is 2.30 bits per heavy atom. The van der Waals surface area contributed by atoms with Crippen molar-refractivity contribution in [1.29, 1.82) is 0 Å². The van der Waals surface area contributed by atoms with Crippen LogP contribution in [0.2, 0.25) is 0 Å². The molecule has 11 nitrogen and oxygen atoms in total. The number of alkyl carbamates (subject to hydrolysis) is 1. The standard InChI is InChI=1S/C33H39N5O6/c1-20-25-17-21(12-13-28(25)38(37-20)31(41)44-33(5,6)7)22-14-15-34-26(18-22)29(39)36-27(19-35-30(40)43-32(2,3)4)23-10-9-11-24(16-23)42-8/h9-18,27H,19H2,1-8H3,(H,35,40)(H,36,39). The quantitative estimate of drug-likeness (QED) is 0.256. The maximum absolute atomic E-state index is 13.5. The summed E-state index contributed by atoms with van der Waals surface area (Å²) in [5.74, 6) is 0.181. The third kappa shape index (κ3) is 8.12. The van der Waals surface area contributed by atoms with E-state index in [0.717, 1.165) is 22.1 Å². The average Bonchev–Trinajstić information content (AvgIpc) is 3.29. The second kappa shape index (κ2) is 12.7. The summed E-state index contributed by atoms with van der Waals surface area (Å²) in [4.78, 5) is 42.9. The number of rotatable bonds is 7. The number of amides is 2. The number of hydrogen-bond acceptors (Lipinski definition) is 8. The normalized spacial score (nSPS) is 12.4. The van der Waals surface area contributed by atoms with E-state index in [0.29, 0.717) is 17.0 Å². The molecule has 2 aromatic heterocycles. The Kier molecular flexibility index (Phi) is 9.27. The predicted octanol–water partition coefficient (Wildman–Crippen LogP) is 6.19. The summed E-state index contributed by atoms with van der Waals surface area (Å²) in [5.41, 5.74) is 2.44. The molecule has 2 aromatic carbocycles. The van der Waals surface area contributed by atoms with Gasteiger partial charge in [0.1, 0.15) is 22.6 Å². The Morgan fingerprint density at radius 1 is 0.909 bits per heavy atom. The van der Waals surface area contributed by atoms with E-state index in [1.807, 2.05) is 31.2 Å². The zero-order valence-electron chi connectivity index (χ0n) is 26.3. The Bertz CT molecular complexity index is 1680. The fourth-order valence-corrected chi connectivity index (χ4v) is 4.47. The van der Waals surface area contributed by atoms with E-state index < -0.39 is 35.3 Å². The highest BCUT2D eigenvalue weighted by molar-refractivity contribution is 5.95. The fraction of sp³-hybridized carbons (Fsp3) is 0.364. The molecule has 4 aromatic rings. The number of carbonyl (C=O) groups excluding carboxylic acids is 3. The molecule has 1 unspecified atom stereocenters. The average molecular weight is 602 g/mol. The molecule has 2 heterocycles. The lowest BCUT2D eigenvalue weighted by Crippen LogP contribution is -2.40. The van der Waals surface area contributed by atoms with E-state index in [-0.39, 0.29) is 12.2 Å². The van der Waals surface area contributed by atoms with Crippen molar-refractivity contribution >= 4 is 29.0 Å². The third-order valence-electron chi connectivity index (χ3n) is 6.41. The van der Waals surface area contributed by atoms with Crippen molar-refractivity contribution in [2.45, 2.75) is 65.7 Å². The lowest BCUT2D eigenvalue weighted by atomic mass is 10.0. The summed E-state index contributed by atoms with van der Waals surface area (Å²) in [5, 5.41) is 10.9. The first kappa shape index (κ1) is 32.0. The molecule has 0 radical (unpaired) electrons. The minimum atomic E-state index is -0.668. The van der Waals surface area contributed by atoms with Crippen molar-refractivity contribution in [3.8, 4) is 16.9 Å². The van der Waals surface area contributed by atoms with Crippen LogP contribution in [0.5, 0.6) is 5.75 Å². The van der Waals surface area contributed by atoms with Gasteiger partial charge in [0.15, 0.2) is 0 Å². The lowest BCUT2D eigenvalue weighted by Gasteiger charge is -2.23. The van der Waals surface area contributed by atoms with Crippen molar-refractivity contribution < 1.29 is 28.6 Å². The van der Waals surface area contributed by atoms with Crippen LogP contribution < -0.4 is 15.4 Å². The predicted molar refractivity (Wildman–Crippen MR) is 167 cm³/mol. The SMILES string of the molecule is COc1cccc(C(CNC(=O)OC(C)(C)C)NC(=O)c2cc(-c3ccc4c(c3)c(C)nn4C(=O)OC(C)(C)C)ccn2)c1. The van der Waals surface area contributed by atoms with Crippen molar-refractivity contribution in [2.75, 3.05) is 13.7 Å². The molecule has 0 fully saturated rings. The second-order valence-corrected chi connectivity index (χ2v) is 12.3. The van der Waals surface area contributed by atoms with Crippen LogP contribution in [-0.2, 0) is 9.47 Å². The van der Waals surface area contributed by atoms with Crippen LogP contribution >= 0.6 is 0 Å². The van der Waals surface area contributed by atoms with E-state index in [4.69, 9.17) is 14.2 Å². The molecule has 2 N–H and O–H groups in total. The highest BCUT2D eigenvalue weighted by Gasteiger charge is 2.23. The van der Waals surface area contributed by atoms with E-state index in [2.05, 4.69) is 20.7 Å². The maximum Gasteiger partial charge on any atom is 0.435 e. The first-order valence-corrected chi connectivity index (χ1v) is 14.2. The molecule has 0 aliphatic heterocycles. The number of aryl methyl sites for hydroxylation is 1. The number of benzene rings is 2. The molecular weight excluding hydrogens is 562 g/mol. The van der Waals surface area contributed by atoms with Gasteiger partial charge in [0.05, 0.1) is 24.4 Å². The zero-order chi connectivity index (χ0) is 32.2. The maximum atomic E-state index is 13.5. The number of ether oxygens (including phenoxy) is 3. The molecule has 0 aliphatic rings. The highest BCUT2D eigenvalue weighted by Crippen LogP contribution is 2.28. The third-order valence-corrected chi connectivity index (χ3v) is 6.41. The second-order valence-electron chi connectivity index (χ2n) is 12.3. The number of hydrogen-bond donors (Lipinski definition) is 2. The number of nitrogens with zero attached hydrogens (tertiary/aromatic N) is 3. The van der Waals surface area contributed by atoms with Crippen LogP contribution in [-0.4, -0.2) is 57.7 Å². The summed E-state index contributed by atoms with van der Waals surface area (Å²) in [6.45, 7) is 12.6. The van der Waals surface area contributed by atoms with Crippen LogP contribution in [0.3, 0.4) is 0 Å². The molecule has 1 atom stereocenters. The van der Waals surface area contributed by atoms with Gasteiger partial charge in [-0.25, -0.2) is 9.59 Å². The van der Waals surface area contributed by atoms with Crippen molar-refractivity contribution in [3.05, 3.63) is 77.7 Å². The van der Waals surface area contributed by atoms with Gasteiger partial charge in [-0.15, -0.1) is 0 Å². The molecule has 4 rings (SSSR count). The van der Waals surface area contributed by atoms with Gasteiger partial charge in [0, 0.05) is 18.1 Å². The van der Waals surface area contributed by atoms with Crippen LogP contribution in [0.15, 0.2) is 60.8 Å². The van der Waals surface area contributed by atoms with Crippen molar-refractivity contribution in [2.24, 2.45) is 0 Å². The first-order chi connectivity index (χ1) is 20.6. The minimum Gasteiger partial charge on any atom is -0.497 e. The molecular formula is C33H39N5O6. The molecule has 232 valence electrons. The van der Waals surface area contributed by atoms with Crippen LogP contribution in [0, 0.1) is 6.92 Å². The van der Waals surface area contributed by atoms with E-state index >= 15 is 0 Å². The fourth-order valence-electron chi connectivity index (χ4n) is 4.47. The van der Waals surface area contributed by atoms with Crippen molar-refractivity contribution in [1.82, 2.24) is 25.4 Å². The van der Waals surface area contributed by atoms with Gasteiger partial charge >= 0.3 is 12.2 Å². The number of methoxy groups -OCH3 is 1. The van der Waals surface area contributed by atoms with Gasteiger partial charge in [-0.05, 0) is 102 Å². The summed E-state index contributed by atoms with van der Waals surface area (Å²) in [7, 11) is 1.56. The van der Waals surface area contributed by atoms with E-state index in [1.165, 1.54) is 4.68 Å². The summed E-state index contributed by atoms with van der Waals surface area (Å²) >= 11 is 0. The number of aromatic nitrogens is 3. The highest BCUT2D eigenvalue weighted by atomic mass is 16.6. The Labute approximate surface area is 256 Å². The molecule has 0 saturated heterocycles. The van der Waals surface area contributed by atoms with Crippen LogP contribution in [0.1, 0.15) is 69.3 Å². The van der Waals surface area contributed by atoms with Crippen molar-refractivity contribution in [3.63, 3.8) is 0 Å². The van der Waals surface area contributed by atoms with Crippen LogP contribution in [0.4, 0.5) is 9.59 Å². The van der Waals surface area contributed by atoms with E-state index in [1.54, 1.807) is 85.2 Å². The smallest absolute Gasteiger partial charge is 0.435 e. The van der Waals surface area contributed by atoms with Crippen LogP contribution in [0.25, 0.3) is 22.0 Å². The molecule has 2 amide bonds. The Morgan fingerprint density at radius 2 is 1.61 bits per heavy atom. The monoisotopic (exact) mass is 601 g/mol. The van der Waals surface area contributed by atoms with Gasteiger partial charge in [-0.3, -0.25) is 9.78 Å². The largest absolute Gasteiger partial charge is 0.497 e. The van der Waals surface area contributed by atoms with Gasteiger partial charge < -0.3 is 24.8 Å². The van der Waals surface area contributed by atoms with E-state index in [9.17, 15) is 14.4 Å². The van der Waals surface area contributed by atoms with Gasteiger partial charge in [-0.1, -0.05) is 18.2 Å². The summed E-state index contributed by atoms with van der Waals surface area (Å²) in [6.07, 6.45) is 0.406. The molecule has 0 bridgehead atoms. The molecule has 0 aliphatic carbocycles. The topological polar surface area (TPSA) is 134 Å². The molecule has 0 spiro atoms. The Balaban J connectivity index is 1.58. The number of fused-ring (bicyclic) bond motifs is 1. The summed E-state index contributed by atoms with van der Waals surface area (Å²) in [6, 6.07) is 15.7. The molecule has 11 heteroatoms. The number of carbonyl (C=O) groups is 3. The Hall–Kier alpha value is -4.93.